The molecule has 0 N–H and O–H groups in total. The number of para-hydroxylation sites is 1. The van der Waals surface area contributed by atoms with E-state index < -0.39 is 0 Å². The molecule has 1 heteroatoms. The Kier molecular flexibility index (Phi) is 3.56. The number of hydrogen-bond acceptors (Lipinski definition) is 1. The van der Waals surface area contributed by atoms with Crippen LogP contribution in [0.5, 0.6) is 5.75 Å². The lowest BCUT2D eigenvalue weighted by atomic mass is 10.1. The van der Waals surface area contributed by atoms with E-state index in [1.165, 1.54) is 11.1 Å². The third kappa shape index (κ3) is 2.94. The Balaban J connectivity index is 2.81. The Labute approximate surface area is 80.0 Å². The molecule has 13 heavy (non-hydrogen) atoms. The molecule has 0 aliphatic heterocycles. The number of ether oxygens (including phenoxy) is 1. The lowest BCUT2D eigenvalue weighted by Crippen LogP contribution is -1.90. The maximum atomic E-state index is 5.19. The molecule has 0 fully saturated rings. The van der Waals surface area contributed by atoms with E-state index in [2.05, 4.69) is 32.1 Å². The standard InChI is InChI=1S/C12H15O/c1-10(2)8-9-11-6-4-5-7-12(11)13-3/h4-6,8H,9H2,1-3H3. The molecule has 1 aromatic carbocycles. The van der Waals surface area contributed by atoms with Crippen molar-refractivity contribution in [1.82, 2.24) is 0 Å². The van der Waals surface area contributed by atoms with E-state index in [9.17, 15) is 0 Å². The van der Waals surface area contributed by atoms with Crippen LogP contribution in [-0.2, 0) is 6.42 Å². The molecule has 69 valence electrons. The summed E-state index contributed by atoms with van der Waals surface area (Å²) in [4.78, 5) is 0. The normalized spacial score (nSPS) is 9.46. The first-order valence-corrected chi connectivity index (χ1v) is 4.41. The fourth-order valence-electron chi connectivity index (χ4n) is 1.12. The van der Waals surface area contributed by atoms with Gasteiger partial charge in [0.15, 0.2) is 0 Å². The van der Waals surface area contributed by atoms with Crippen molar-refractivity contribution in [3.8, 4) is 5.75 Å². The number of rotatable bonds is 3. The second kappa shape index (κ2) is 4.70. The van der Waals surface area contributed by atoms with Gasteiger partial charge in [-0.25, -0.2) is 0 Å². The average molecular weight is 175 g/mol. The topological polar surface area (TPSA) is 9.23 Å². The third-order valence-electron chi connectivity index (χ3n) is 1.83. The van der Waals surface area contributed by atoms with E-state index in [1.807, 2.05) is 12.1 Å². The summed E-state index contributed by atoms with van der Waals surface area (Å²) in [5, 5.41) is 0. The third-order valence-corrected chi connectivity index (χ3v) is 1.83. The first-order valence-electron chi connectivity index (χ1n) is 4.41. The summed E-state index contributed by atoms with van der Waals surface area (Å²) in [5.41, 5.74) is 2.51. The fraction of sp³-hybridized carbons (Fsp3) is 0.333. The van der Waals surface area contributed by atoms with Crippen molar-refractivity contribution in [2.24, 2.45) is 0 Å². The highest BCUT2D eigenvalue weighted by Gasteiger charge is 1.98. The number of allylic oxidation sites excluding steroid dienone is 2. The second-order valence-corrected chi connectivity index (χ2v) is 3.21. The predicted molar refractivity (Wildman–Crippen MR) is 55.0 cm³/mol. The van der Waals surface area contributed by atoms with Crippen LogP contribution in [0.15, 0.2) is 29.8 Å². The number of benzene rings is 1. The minimum atomic E-state index is 0.847. The Hall–Kier alpha value is -1.24. The molecule has 0 unspecified atom stereocenters. The van der Waals surface area contributed by atoms with Gasteiger partial charge in [0.05, 0.1) is 7.11 Å². The molecule has 0 bridgehead atoms. The molecule has 0 aliphatic carbocycles. The van der Waals surface area contributed by atoms with Crippen LogP contribution in [0.1, 0.15) is 19.4 Å². The molecular formula is C12H15O. The zero-order valence-electron chi connectivity index (χ0n) is 8.42. The molecule has 0 aromatic heterocycles. The molecule has 0 spiro atoms. The lowest BCUT2D eigenvalue weighted by Gasteiger charge is -2.04. The molecule has 1 aromatic rings. The van der Waals surface area contributed by atoms with Crippen molar-refractivity contribution < 1.29 is 4.74 Å². The average Bonchev–Trinajstić information content (AvgIpc) is 2.15. The van der Waals surface area contributed by atoms with Crippen molar-refractivity contribution in [3.05, 3.63) is 41.5 Å². The molecule has 1 radical (unpaired) electrons. The Bertz CT molecular complexity index is 296. The van der Waals surface area contributed by atoms with Gasteiger partial charge in [0, 0.05) is 6.07 Å². The summed E-state index contributed by atoms with van der Waals surface area (Å²) in [6.45, 7) is 4.19. The minimum absolute atomic E-state index is 0.847. The molecule has 0 saturated carbocycles. The van der Waals surface area contributed by atoms with Crippen LogP contribution in [0.25, 0.3) is 0 Å². The van der Waals surface area contributed by atoms with E-state index in [0.29, 0.717) is 0 Å². The van der Waals surface area contributed by atoms with E-state index in [0.717, 1.165) is 12.2 Å². The van der Waals surface area contributed by atoms with Crippen molar-refractivity contribution in [1.29, 1.82) is 0 Å². The maximum absolute atomic E-state index is 5.19. The van der Waals surface area contributed by atoms with Gasteiger partial charge in [-0.1, -0.05) is 29.8 Å². The monoisotopic (exact) mass is 175 g/mol. The van der Waals surface area contributed by atoms with Crippen LogP contribution in [-0.4, -0.2) is 7.11 Å². The zero-order chi connectivity index (χ0) is 9.68. The van der Waals surface area contributed by atoms with Gasteiger partial charge in [-0.15, -0.1) is 0 Å². The maximum Gasteiger partial charge on any atom is 0.130 e. The van der Waals surface area contributed by atoms with Gasteiger partial charge in [-0.2, -0.15) is 0 Å². The molecule has 1 nitrogen and oxygen atoms in total. The van der Waals surface area contributed by atoms with Gasteiger partial charge in [0.25, 0.3) is 0 Å². The van der Waals surface area contributed by atoms with Crippen LogP contribution >= 0.6 is 0 Å². The van der Waals surface area contributed by atoms with Crippen LogP contribution in [0.3, 0.4) is 0 Å². The summed E-state index contributed by atoms with van der Waals surface area (Å²) in [6.07, 6.45) is 3.11. The van der Waals surface area contributed by atoms with E-state index in [4.69, 9.17) is 4.74 Å². The summed E-state index contributed by atoms with van der Waals surface area (Å²) in [5.74, 6) is 0.847. The molecule has 0 amide bonds. The summed E-state index contributed by atoms with van der Waals surface area (Å²) in [6, 6.07) is 8.97. The minimum Gasteiger partial charge on any atom is -0.496 e. The fourth-order valence-corrected chi connectivity index (χ4v) is 1.12. The SMILES string of the molecule is COc1[c]cccc1CC=C(C)C. The summed E-state index contributed by atoms with van der Waals surface area (Å²) >= 11 is 0. The number of hydrogen-bond donors (Lipinski definition) is 0. The summed E-state index contributed by atoms with van der Waals surface area (Å²) in [7, 11) is 1.68. The van der Waals surface area contributed by atoms with Crippen LogP contribution in [0, 0.1) is 6.07 Å². The number of methoxy groups -OCH3 is 1. The Morgan fingerprint density at radius 3 is 2.92 bits per heavy atom. The van der Waals surface area contributed by atoms with Gasteiger partial charge in [0.2, 0.25) is 0 Å². The van der Waals surface area contributed by atoms with Crippen molar-refractivity contribution >= 4 is 0 Å². The predicted octanol–water partition coefficient (Wildman–Crippen LogP) is 3.00. The first-order chi connectivity index (χ1) is 6.24. The highest BCUT2D eigenvalue weighted by atomic mass is 16.5. The van der Waals surface area contributed by atoms with Gasteiger partial charge in [0.1, 0.15) is 5.75 Å². The smallest absolute Gasteiger partial charge is 0.130 e. The van der Waals surface area contributed by atoms with Gasteiger partial charge < -0.3 is 4.74 Å². The van der Waals surface area contributed by atoms with E-state index >= 15 is 0 Å². The lowest BCUT2D eigenvalue weighted by molar-refractivity contribution is 0.410. The Morgan fingerprint density at radius 2 is 2.31 bits per heavy atom. The van der Waals surface area contributed by atoms with Gasteiger partial charge in [-0.05, 0) is 25.8 Å². The second-order valence-electron chi connectivity index (χ2n) is 3.21. The van der Waals surface area contributed by atoms with Gasteiger partial charge in [-0.3, -0.25) is 0 Å². The van der Waals surface area contributed by atoms with Crippen molar-refractivity contribution in [2.45, 2.75) is 20.3 Å². The molecule has 1 rings (SSSR count). The largest absolute Gasteiger partial charge is 0.496 e. The van der Waals surface area contributed by atoms with Crippen LogP contribution in [0.2, 0.25) is 0 Å². The zero-order valence-corrected chi connectivity index (χ0v) is 8.42. The quantitative estimate of drug-likeness (QED) is 0.642. The molecule has 0 heterocycles. The van der Waals surface area contributed by atoms with E-state index in [-0.39, 0.29) is 0 Å². The molecular weight excluding hydrogens is 160 g/mol. The highest BCUT2D eigenvalue weighted by Crippen LogP contribution is 2.17. The van der Waals surface area contributed by atoms with Crippen LogP contribution < -0.4 is 4.74 Å². The molecule has 0 aliphatic rings. The van der Waals surface area contributed by atoms with Gasteiger partial charge >= 0.3 is 0 Å². The van der Waals surface area contributed by atoms with Crippen molar-refractivity contribution in [2.75, 3.05) is 7.11 Å². The first kappa shape index (κ1) is 9.85. The Morgan fingerprint density at radius 1 is 1.54 bits per heavy atom. The highest BCUT2D eigenvalue weighted by molar-refractivity contribution is 5.33. The molecule has 0 atom stereocenters. The van der Waals surface area contributed by atoms with Crippen LogP contribution in [0.4, 0.5) is 0 Å². The van der Waals surface area contributed by atoms with E-state index in [1.54, 1.807) is 7.11 Å². The van der Waals surface area contributed by atoms with Crippen molar-refractivity contribution in [3.63, 3.8) is 0 Å². The summed E-state index contributed by atoms with van der Waals surface area (Å²) < 4.78 is 5.19. The molecule has 0 saturated heterocycles.